The highest BCUT2D eigenvalue weighted by atomic mass is 15.1. The fourth-order valence-corrected chi connectivity index (χ4v) is 4.04. The lowest BCUT2D eigenvalue weighted by molar-refractivity contribution is 0.256. The van der Waals surface area contributed by atoms with Gasteiger partial charge < -0.3 is 10.2 Å². The van der Waals surface area contributed by atoms with Crippen LogP contribution in [-0.2, 0) is 0 Å². The van der Waals surface area contributed by atoms with Crippen molar-refractivity contribution < 1.29 is 0 Å². The zero-order valence-corrected chi connectivity index (χ0v) is 13.9. The van der Waals surface area contributed by atoms with Crippen LogP contribution >= 0.6 is 0 Å². The fraction of sp³-hybridized carbons (Fsp3) is 1.00. The van der Waals surface area contributed by atoms with E-state index < -0.39 is 0 Å². The van der Waals surface area contributed by atoms with E-state index in [1.807, 2.05) is 0 Å². The first-order chi connectivity index (χ1) is 9.78. The predicted octanol–water partition coefficient (Wildman–Crippen LogP) is 4.06. The van der Waals surface area contributed by atoms with Gasteiger partial charge in [0.1, 0.15) is 0 Å². The van der Waals surface area contributed by atoms with Crippen LogP contribution in [0.15, 0.2) is 0 Å². The van der Waals surface area contributed by atoms with E-state index in [0.717, 1.165) is 17.9 Å². The molecule has 2 heteroatoms. The molecule has 118 valence electrons. The van der Waals surface area contributed by atoms with E-state index in [4.69, 9.17) is 0 Å². The van der Waals surface area contributed by atoms with E-state index in [9.17, 15) is 0 Å². The molecule has 1 atom stereocenters. The van der Waals surface area contributed by atoms with E-state index >= 15 is 0 Å². The van der Waals surface area contributed by atoms with Crippen LogP contribution in [0, 0.1) is 11.8 Å². The topological polar surface area (TPSA) is 15.3 Å². The molecule has 0 radical (unpaired) electrons. The summed E-state index contributed by atoms with van der Waals surface area (Å²) in [7, 11) is 0. The Bertz CT molecular complexity index is 246. The van der Waals surface area contributed by atoms with E-state index in [0.29, 0.717) is 0 Å². The van der Waals surface area contributed by atoms with Crippen molar-refractivity contribution in [2.24, 2.45) is 11.8 Å². The number of nitrogens with one attached hydrogen (secondary N) is 1. The van der Waals surface area contributed by atoms with Crippen molar-refractivity contribution in [3.8, 4) is 0 Å². The van der Waals surface area contributed by atoms with Crippen LogP contribution in [0.5, 0.6) is 0 Å². The lowest BCUT2D eigenvalue weighted by atomic mass is 9.87. The van der Waals surface area contributed by atoms with Gasteiger partial charge in [-0.05, 0) is 69.9 Å². The standard InChI is InChI=1S/C18H36N2/c1-3-5-17-6-4-13-20(14-11-17)15-12-19-18-9-7-16(2)8-10-18/h16-19H,3-15H2,1-2H3. The normalized spacial score (nSPS) is 33.0. The summed E-state index contributed by atoms with van der Waals surface area (Å²) in [5, 5.41) is 3.80. The zero-order valence-electron chi connectivity index (χ0n) is 13.9. The Balaban J connectivity index is 1.57. The Morgan fingerprint density at radius 1 is 1.00 bits per heavy atom. The number of hydrogen-bond donors (Lipinski definition) is 1. The summed E-state index contributed by atoms with van der Waals surface area (Å²) in [6.45, 7) is 9.89. The van der Waals surface area contributed by atoms with Crippen LogP contribution in [-0.4, -0.2) is 37.1 Å². The SMILES string of the molecule is CCCC1CCCN(CCNC2CCC(C)CC2)CC1. The van der Waals surface area contributed by atoms with Crippen molar-refractivity contribution in [1.29, 1.82) is 0 Å². The number of hydrogen-bond acceptors (Lipinski definition) is 2. The minimum Gasteiger partial charge on any atom is -0.313 e. The Kier molecular flexibility index (Phi) is 7.37. The van der Waals surface area contributed by atoms with Gasteiger partial charge >= 0.3 is 0 Å². The van der Waals surface area contributed by atoms with Crippen LogP contribution in [0.3, 0.4) is 0 Å². The molecular formula is C18H36N2. The molecule has 1 aliphatic carbocycles. The Morgan fingerprint density at radius 2 is 1.80 bits per heavy atom. The lowest BCUT2D eigenvalue weighted by Crippen LogP contribution is -2.39. The molecule has 1 saturated carbocycles. The summed E-state index contributed by atoms with van der Waals surface area (Å²) in [4.78, 5) is 2.70. The molecule has 20 heavy (non-hydrogen) atoms. The molecule has 0 aromatic carbocycles. The predicted molar refractivity (Wildman–Crippen MR) is 88.1 cm³/mol. The second-order valence-corrected chi connectivity index (χ2v) is 7.34. The van der Waals surface area contributed by atoms with Crippen molar-refractivity contribution in [2.45, 2.75) is 77.7 Å². The summed E-state index contributed by atoms with van der Waals surface area (Å²) in [5.41, 5.74) is 0. The van der Waals surface area contributed by atoms with Crippen molar-refractivity contribution in [3.63, 3.8) is 0 Å². The van der Waals surface area contributed by atoms with Crippen LogP contribution in [0.2, 0.25) is 0 Å². The second-order valence-electron chi connectivity index (χ2n) is 7.34. The lowest BCUT2D eigenvalue weighted by Gasteiger charge is -2.28. The summed E-state index contributed by atoms with van der Waals surface area (Å²) >= 11 is 0. The molecule has 2 aliphatic rings. The fourth-order valence-electron chi connectivity index (χ4n) is 4.04. The Hall–Kier alpha value is -0.0800. The van der Waals surface area contributed by atoms with Gasteiger partial charge in [0.25, 0.3) is 0 Å². The minimum atomic E-state index is 0.811. The maximum Gasteiger partial charge on any atom is 0.0107 e. The molecule has 2 rings (SSSR count). The molecule has 0 amide bonds. The summed E-state index contributed by atoms with van der Waals surface area (Å²) in [6, 6.07) is 0.811. The summed E-state index contributed by atoms with van der Waals surface area (Å²) in [5.74, 6) is 1.98. The molecule has 0 bridgehead atoms. The first-order valence-electron chi connectivity index (χ1n) is 9.23. The first kappa shape index (κ1) is 16.3. The molecular weight excluding hydrogens is 244 g/mol. The third-order valence-corrected chi connectivity index (χ3v) is 5.51. The molecule has 2 nitrogen and oxygen atoms in total. The van der Waals surface area contributed by atoms with Crippen molar-refractivity contribution in [3.05, 3.63) is 0 Å². The average Bonchev–Trinajstić information content (AvgIpc) is 2.67. The number of rotatable bonds is 6. The van der Waals surface area contributed by atoms with Gasteiger partial charge in [-0.2, -0.15) is 0 Å². The second kappa shape index (κ2) is 9.04. The van der Waals surface area contributed by atoms with Crippen molar-refractivity contribution in [1.82, 2.24) is 10.2 Å². The van der Waals surface area contributed by atoms with Crippen LogP contribution < -0.4 is 5.32 Å². The van der Waals surface area contributed by atoms with Crippen molar-refractivity contribution >= 4 is 0 Å². The highest BCUT2D eigenvalue weighted by molar-refractivity contribution is 4.76. The Labute approximate surface area is 126 Å². The average molecular weight is 281 g/mol. The largest absolute Gasteiger partial charge is 0.313 e. The van der Waals surface area contributed by atoms with E-state index in [1.54, 1.807) is 0 Å². The van der Waals surface area contributed by atoms with E-state index in [1.165, 1.54) is 84.0 Å². The van der Waals surface area contributed by atoms with Crippen molar-refractivity contribution in [2.75, 3.05) is 26.2 Å². The molecule has 1 saturated heterocycles. The zero-order chi connectivity index (χ0) is 14.2. The van der Waals surface area contributed by atoms with Gasteiger partial charge in [-0.1, -0.05) is 26.7 Å². The third-order valence-electron chi connectivity index (χ3n) is 5.51. The van der Waals surface area contributed by atoms with Crippen LogP contribution in [0.25, 0.3) is 0 Å². The van der Waals surface area contributed by atoms with Gasteiger partial charge in [0, 0.05) is 19.1 Å². The monoisotopic (exact) mass is 280 g/mol. The Morgan fingerprint density at radius 3 is 2.55 bits per heavy atom. The van der Waals surface area contributed by atoms with E-state index in [2.05, 4.69) is 24.1 Å². The molecule has 0 aromatic rings. The van der Waals surface area contributed by atoms with Gasteiger partial charge in [0.2, 0.25) is 0 Å². The number of likely N-dealkylation sites (tertiary alicyclic amines) is 1. The van der Waals surface area contributed by atoms with Gasteiger partial charge in [-0.15, -0.1) is 0 Å². The van der Waals surface area contributed by atoms with E-state index in [-0.39, 0.29) is 0 Å². The van der Waals surface area contributed by atoms with Gasteiger partial charge in [0.05, 0.1) is 0 Å². The molecule has 0 aromatic heterocycles. The van der Waals surface area contributed by atoms with Gasteiger partial charge in [-0.3, -0.25) is 0 Å². The smallest absolute Gasteiger partial charge is 0.0107 e. The highest BCUT2D eigenvalue weighted by Crippen LogP contribution is 2.23. The van der Waals surface area contributed by atoms with Gasteiger partial charge in [0.15, 0.2) is 0 Å². The molecule has 1 unspecified atom stereocenters. The quantitative estimate of drug-likeness (QED) is 0.789. The third kappa shape index (κ3) is 5.73. The maximum atomic E-state index is 3.80. The van der Waals surface area contributed by atoms with Crippen LogP contribution in [0.4, 0.5) is 0 Å². The maximum absolute atomic E-state index is 3.80. The molecule has 1 heterocycles. The van der Waals surface area contributed by atoms with Crippen LogP contribution in [0.1, 0.15) is 71.6 Å². The minimum absolute atomic E-state index is 0.811. The molecule has 1 N–H and O–H groups in total. The van der Waals surface area contributed by atoms with Gasteiger partial charge in [-0.25, -0.2) is 0 Å². The molecule has 1 aliphatic heterocycles. The summed E-state index contributed by atoms with van der Waals surface area (Å²) in [6.07, 6.45) is 12.8. The summed E-state index contributed by atoms with van der Waals surface area (Å²) < 4.78 is 0. The molecule has 2 fully saturated rings. The first-order valence-corrected chi connectivity index (χ1v) is 9.23. The highest BCUT2D eigenvalue weighted by Gasteiger charge is 2.19. The molecule has 0 spiro atoms. The number of nitrogens with zero attached hydrogens (tertiary/aromatic N) is 1.